The van der Waals surface area contributed by atoms with Crippen LogP contribution in [0.2, 0.25) is 0 Å². The summed E-state index contributed by atoms with van der Waals surface area (Å²) in [5, 5.41) is 18.7. The number of aliphatic carboxylic acids is 1. The normalized spacial score (nSPS) is 15.8. The van der Waals surface area contributed by atoms with Crippen molar-refractivity contribution in [3.05, 3.63) is 17.7 Å². The molecule has 5 nitrogen and oxygen atoms in total. The number of benzene rings is 1. The van der Waals surface area contributed by atoms with Crippen molar-refractivity contribution in [2.75, 3.05) is 13.2 Å². The van der Waals surface area contributed by atoms with Crippen molar-refractivity contribution < 1.29 is 24.5 Å². The van der Waals surface area contributed by atoms with Gasteiger partial charge < -0.3 is 19.7 Å². The highest BCUT2D eigenvalue weighted by atomic mass is 16.5. The highest BCUT2D eigenvalue weighted by Gasteiger charge is 2.18. The van der Waals surface area contributed by atoms with Crippen LogP contribution in [-0.4, -0.2) is 29.4 Å². The third-order valence-corrected chi connectivity index (χ3v) is 2.90. The molecule has 1 aliphatic rings. The van der Waals surface area contributed by atoms with Gasteiger partial charge in [-0.25, -0.2) is 0 Å². The molecule has 1 aromatic carbocycles. The van der Waals surface area contributed by atoms with E-state index in [2.05, 4.69) is 0 Å². The van der Waals surface area contributed by atoms with Gasteiger partial charge in [0.05, 0.1) is 19.1 Å². The van der Waals surface area contributed by atoms with E-state index in [1.807, 2.05) is 0 Å². The van der Waals surface area contributed by atoms with E-state index in [0.717, 1.165) is 6.42 Å². The first kappa shape index (κ1) is 12.5. The molecular weight excluding hydrogens is 236 g/mol. The van der Waals surface area contributed by atoms with Gasteiger partial charge in [-0.3, -0.25) is 4.79 Å². The van der Waals surface area contributed by atoms with Crippen LogP contribution in [-0.2, 0) is 11.2 Å². The van der Waals surface area contributed by atoms with Gasteiger partial charge >= 0.3 is 5.97 Å². The first-order valence-electron chi connectivity index (χ1n) is 5.92. The van der Waals surface area contributed by atoms with Crippen LogP contribution in [0.1, 0.15) is 18.9 Å². The van der Waals surface area contributed by atoms with Crippen LogP contribution >= 0.6 is 0 Å². The first-order valence-corrected chi connectivity index (χ1v) is 5.92. The van der Waals surface area contributed by atoms with Crippen LogP contribution in [0.15, 0.2) is 12.1 Å². The Labute approximate surface area is 105 Å². The maximum Gasteiger partial charge on any atom is 0.306 e. The van der Waals surface area contributed by atoms with Gasteiger partial charge in [0.1, 0.15) is 5.75 Å². The monoisotopic (exact) mass is 252 g/mol. The van der Waals surface area contributed by atoms with Gasteiger partial charge in [0.2, 0.25) is 0 Å². The van der Waals surface area contributed by atoms with Crippen LogP contribution in [0.4, 0.5) is 0 Å². The molecule has 0 radical (unpaired) electrons. The van der Waals surface area contributed by atoms with Crippen LogP contribution in [0.25, 0.3) is 0 Å². The summed E-state index contributed by atoms with van der Waals surface area (Å²) < 4.78 is 10.9. The largest absolute Gasteiger partial charge is 0.508 e. The van der Waals surface area contributed by atoms with Gasteiger partial charge in [-0.2, -0.15) is 0 Å². The third-order valence-electron chi connectivity index (χ3n) is 2.90. The fourth-order valence-electron chi connectivity index (χ4n) is 1.82. The molecule has 98 valence electrons. The molecule has 0 spiro atoms. The Balaban J connectivity index is 2.26. The zero-order valence-electron chi connectivity index (χ0n) is 10.2. The number of carbonyl (C=O) groups is 1. The number of hydrogen-bond acceptors (Lipinski definition) is 4. The molecule has 0 amide bonds. The number of carboxylic acids is 1. The van der Waals surface area contributed by atoms with E-state index in [9.17, 15) is 9.90 Å². The maximum atomic E-state index is 10.8. The van der Waals surface area contributed by atoms with Crippen LogP contribution < -0.4 is 9.47 Å². The number of fused-ring (bicyclic) bond motifs is 1. The zero-order valence-corrected chi connectivity index (χ0v) is 10.2. The summed E-state index contributed by atoms with van der Waals surface area (Å²) in [5.41, 5.74) is 0.564. The number of carboxylic acid groups (broad SMARTS) is 1. The van der Waals surface area contributed by atoms with Crippen molar-refractivity contribution in [1.82, 2.24) is 0 Å². The van der Waals surface area contributed by atoms with E-state index in [4.69, 9.17) is 14.6 Å². The molecule has 0 saturated carbocycles. The highest BCUT2D eigenvalue weighted by Crippen LogP contribution is 2.36. The van der Waals surface area contributed by atoms with Gasteiger partial charge in [-0.1, -0.05) is 6.92 Å². The number of phenols is 1. The molecular formula is C13H16O5. The smallest absolute Gasteiger partial charge is 0.306 e. The van der Waals surface area contributed by atoms with Gasteiger partial charge in [0.15, 0.2) is 11.5 Å². The quantitative estimate of drug-likeness (QED) is 0.858. The Morgan fingerprint density at radius 3 is 2.56 bits per heavy atom. The number of aromatic hydroxyl groups is 1. The molecule has 2 rings (SSSR count). The summed E-state index contributed by atoms with van der Waals surface area (Å²) in [7, 11) is 0. The second kappa shape index (κ2) is 5.16. The lowest BCUT2D eigenvalue weighted by Gasteiger charge is -2.13. The second-order valence-corrected chi connectivity index (χ2v) is 4.42. The average molecular weight is 252 g/mol. The predicted molar refractivity (Wildman–Crippen MR) is 64.2 cm³/mol. The van der Waals surface area contributed by atoms with Crippen LogP contribution in [0.5, 0.6) is 17.2 Å². The first-order chi connectivity index (χ1) is 8.58. The lowest BCUT2D eigenvalue weighted by atomic mass is 10.00. The summed E-state index contributed by atoms with van der Waals surface area (Å²) in [6.45, 7) is 2.72. The van der Waals surface area contributed by atoms with Crippen molar-refractivity contribution in [3.8, 4) is 17.2 Å². The van der Waals surface area contributed by atoms with E-state index < -0.39 is 11.9 Å². The molecule has 1 aliphatic heterocycles. The fraction of sp³-hybridized carbons (Fsp3) is 0.462. The van der Waals surface area contributed by atoms with Crippen molar-refractivity contribution in [2.24, 2.45) is 5.92 Å². The van der Waals surface area contributed by atoms with E-state index >= 15 is 0 Å². The molecule has 0 bridgehead atoms. The molecule has 0 fully saturated rings. The van der Waals surface area contributed by atoms with Crippen molar-refractivity contribution in [2.45, 2.75) is 19.8 Å². The Bertz CT molecular complexity index is 455. The van der Waals surface area contributed by atoms with Crippen molar-refractivity contribution >= 4 is 5.97 Å². The van der Waals surface area contributed by atoms with Crippen LogP contribution in [0.3, 0.4) is 0 Å². The third kappa shape index (κ3) is 2.67. The van der Waals surface area contributed by atoms with Gasteiger partial charge in [0, 0.05) is 12.5 Å². The fourth-order valence-corrected chi connectivity index (χ4v) is 1.82. The van der Waals surface area contributed by atoms with E-state index in [1.54, 1.807) is 13.0 Å². The topological polar surface area (TPSA) is 76.0 Å². The lowest BCUT2D eigenvalue weighted by Crippen LogP contribution is -2.12. The predicted octanol–water partition coefficient (Wildman–Crippen LogP) is 1.82. The highest BCUT2D eigenvalue weighted by molar-refractivity contribution is 5.70. The summed E-state index contributed by atoms with van der Waals surface area (Å²) in [6.07, 6.45) is 1.05. The van der Waals surface area contributed by atoms with E-state index in [1.165, 1.54) is 6.07 Å². The Morgan fingerprint density at radius 1 is 1.33 bits per heavy atom. The van der Waals surface area contributed by atoms with E-state index in [-0.39, 0.29) is 12.2 Å². The van der Waals surface area contributed by atoms with E-state index in [0.29, 0.717) is 30.3 Å². The molecule has 0 saturated heterocycles. The molecule has 1 unspecified atom stereocenters. The number of ether oxygens (including phenoxy) is 2. The second-order valence-electron chi connectivity index (χ2n) is 4.42. The number of phenolic OH excluding ortho intramolecular Hbond substituents is 1. The zero-order chi connectivity index (χ0) is 13.1. The van der Waals surface area contributed by atoms with Crippen molar-refractivity contribution in [1.29, 1.82) is 0 Å². The summed E-state index contributed by atoms with van der Waals surface area (Å²) in [4.78, 5) is 10.8. The minimum Gasteiger partial charge on any atom is -0.508 e. The molecule has 1 atom stereocenters. The van der Waals surface area contributed by atoms with Gasteiger partial charge in [0.25, 0.3) is 0 Å². The Kier molecular flexibility index (Phi) is 3.60. The average Bonchev–Trinajstić information content (AvgIpc) is 2.54. The summed E-state index contributed by atoms with van der Waals surface area (Å²) in [6, 6.07) is 3.15. The van der Waals surface area contributed by atoms with Crippen molar-refractivity contribution in [3.63, 3.8) is 0 Å². The lowest BCUT2D eigenvalue weighted by molar-refractivity contribution is -0.141. The summed E-state index contributed by atoms with van der Waals surface area (Å²) in [5.74, 6) is -0.316. The molecule has 5 heteroatoms. The minimum absolute atomic E-state index is 0.0485. The molecule has 18 heavy (non-hydrogen) atoms. The van der Waals surface area contributed by atoms with Gasteiger partial charge in [-0.05, 0) is 18.1 Å². The van der Waals surface area contributed by atoms with Crippen LogP contribution in [0, 0.1) is 5.92 Å². The van der Waals surface area contributed by atoms with Gasteiger partial charge in [-0.15, -0.1) is 0 Å². The number of hydrogen-bond donors (Lipinski definition) is 2. The minimum atomic E-state index is -0.887. The molecule has 2 N–H and O–H groups in total. The Hall–Kier alpha value is -1.91. The SMILES string of the molecule is CC(Cc1cc2c(cc1O)OCCCO2)C(=O)O. The molecule has 0 aliphatic carbocycles. The molecule has 1 aromatic rings. The maximum absolute atomic E-state index is 10.8. The standard InChI is InChI=1S/C13H16O5/c1-8(13(15)16)5-9-6-11-12(7-10(9)14)18-4-2-3-17-11/h6-8,14H,2-5H2,1H3,(H,15,16). The summed E-state index contributed by atoms with van der Waals surface area (Å²) >= 11 is 0. The molecule has 0 aromatic heterocycles. The Morgan fingerprint density at radius 2 is 1.94 bits per heavy atom. The number of rotatable bonds is 3. The molecule has 1 heterocycles.